The number of halogens is 4. The first kappa shape index (κ1) is 18.1. The normalized spacial score (nSPS) is 11.2. The number of hydrogen-bond acceptors (Lipinski definition) is 3. The van der Waals surface area contributed by atoms with Gasteiger partial charge in [0.25, 0.3) is 0 Å². The molecule has 1 amide bonds. The molecule has 0 spiro atoms. The van der Waals surface area contributed by atoms with E-state index in [-0.39, 0.29) is 29.6 Å². The summed E-state index contributed by atoms with van der Waals surface area (Å²) in [6.45, 7) is 0.537. The Labute approximate surface area is 142 Å². The van der Waals surface area contributed by atoms with E-state index in [1.54, 1.807) is 24.5 Å². The Morgan fingerprint density at radius 1 is 1.17 bits per heavy atom. The summed E-state index contributed by atoms with van der Waals surface area (Å²) in [6, 6.07) is 6.57. The summed E-state index contributed by atoms with van der Waals surface area (Å²) in [5.74, 6) is -0.220. The third-order valence-electron chi connectivity index (χ3n) is 3.20. The number of benzene rings is 1. The van der Waals surface area contributed by atoms with E-state index < -0.39 is 11.7 Å². The molecule has 8 heteroatoms. The first-order chi connectivity index (χ1) is 11.4. The Hall–Kier alpha value is -2.28. The van der Waals surface area contributed by atoms with E-state index in [9.17, 15) is 18.0 Å². The number of pyridine rings is 1. The molecule has 0 saturated carbocycles. The average Bonchev–Trinajstić information content (AvgIpc) is 2.54. The van der Waals surface area contributed by atoms with Crippen LogP contribution in [0.4, 0.5) is 18.9 Å². The summed E-state index contributed by atoms with van der Waals surface area (Å²) in [4.78, 5) is 15.6. The van der Waals surface area contributed by atoms with Crippen molar-refractivity contribution in [1.29, 1.82) is 0 Å². The minimum atomic E-state index is -4.44. The number of alkyl halides is 3. The summed E-state index contributed by atoms with van der Waals surface area (Å²) in [7, 11) is 0. The Morgan fingerprint density at radius 2 is 1.88 bits per heavy atom. The van der Waals surface area contributed by atoms with E-state index >= 15 is 0 Å². The largest absolute Gasteiger partial charge is 0.416 e. The van der Waals surface area contributed by atoms with Crippen LogP contribution in [0, 0.1) is 0 Å². The summed E-state index contributed by atoms with van der Waals surface area (Å²) >= 11 is 5.87. The molecule has 0 atom stereocenters. The minimum Gasteiger partial charge on any atom is -0.383 e. The predicted molar refractivity (Wildman–Crippen MR) is 85.6 cm³/mol. The van der Waals surface area contributed by atoms with E-state index in [0.717, 1.165) is 17.7 Å². The molecule has 128 valence electrons. The second-order valence-electron chi connectivity index (χ2n) is 5.00. The summed E-state index contributed by atoms with van der Waals surface area (Å²) < 4.78 is 38.0. The van der Waals surface area contributed by atoms with Crippen molar-refractivity contribution in [2.24, 2.45) is 0 Å². The maximum absolute atomic E-state index is 12.7. The molecule has 4 nitrogen and oxygen atoms in total. The average molecular weight is 358 g/mol. The van der Waals surface area contributed by atoms with Crippen LogP contribution in [0.5, 0.6) is 0 Å². The fourth-order valence-electron chi connectivity index (χ4n) is 1.94. The Kier molecular flexibility index (Phi) is 6.03. The molecule has 2 aromatic rings. The van der Waals surface area contributed by atoms with Crippen molar-refractivity contribution in [2.75, 3.05) is 11.9 Å². The third-order valence-corrected chi connectivity index (χ3v) is 3.53. The van der Waals surface area contributed by atoms with Gasteiger partial charge in [-0.15, -0.1) is 0 Å². The minimum absolute atomic E-state index is 0.109. The molecular formula is C16H15ClF3N3O. The van der Waals surface area contributed by atoms with Gasteiger partial charge < -0.3 is 10.6 Å². The number of hydrogen-bond donors (Lipinski definition) is 2. The van der Waals surface area contributed by atoms with Crippen LogP contribution >= 0.6 is 11.6 Å². The van der Waals surface area contributed by atoms with Crippen molar-refractivity contribution in [3.63, 3.8) is 0 Å². The monoisotopic (exact) mass is 357 g/mol. The Balaban J connectivity index is 1.82. The molecule has 2 rings (SSSR count). The molecule has 0 aliphatic carbocycles. The lowest BCUT2D eigenvalue weighted by Crippen LogP contribution is -2.24. The lowest BCUT2D eigenvalue weighted by molar-refractivity contribution is -0.137. The van der Waals surface area contributed by atoms with Crippen LogP contribution in [0.15, 0.2) is 42.7 Å². The van der Waals surface area contributed by atoms with Gasteiger partial charge in [0.05, 0.1) is 16.3 Å². The number of carbonyl (C=O) groups excluding carboxylic acids is 1. The van der Waals surface area contributed by atoms with Gasteiger partial charge in [0.2, 0.25) is 5.91 Å². The predicted octanol–water partition coefficient (Wildman–Crippen LogP) is 3.87. The van der Waals surface area contributed by atoms with Crippen LogP contribution in [0.3, 0.4) is 0 Å². The Bertz CT molecular complexity index is 693. The standard InChI is InChI=1S/C16H15ClF3N3O/c17-13-2-1-12(16(18,19)20)9-14(13)22-8-5-15(24)23-10-11-3-6-21-7-4-11/h1-4,6-7,9,22H,5,8,10H2,(H,23,24). The van der Waals surface area contributed by atoms with E-state index in [0.29, 0.717) is 6.54 Å². The maximum atomic E-state index is 12.7. The molecule has 1 aromatic heterocycles. The molecule has 1 heterocycles. The zero-order valence-corrected chi connectivity index (χ0v) is 13.3. The van der Waals surface area contributed by atoms with Gasteiger partial charge in [-0.05, 0) is 35.9 Å². The van der Waals surface area contributed by atoms with Crippen molar-refractivity contribution in [3.8, 4) is 0 Å². The van der Waals surface area contributed by atoms with Gasteiger partial charge in [-0.25, -0.2) is 0 Å². The first-order valence-corrected chi connectivity index (χ1v) is 7.50. The quantitative estimate of drug-likeness (QED) is 0.825. The van der Waals surface area contributed by atoms with E-state index in [1.165, 1.54) is 6.07 Å². The van der Waals surface area contributed by atoms with Crippen molar-refractivity contribution in [2.45, 2.75) is 19.1 Å². The zero-order chi connectivity index (χ0) is 17.6. The van der Waals surface area contributed by atoms with Gasteiger partial charge in [-0.1, -0.05) is 11.6 Å². The van der Waals surface area contributed by atoms with E-state index in [1.807, 2.05) is 0 Å². The van der Waals surface area contributed by atoms with Gasteiger partial charge in [-0.2, -0.15) is 13.2 Å². The van der Waals surface area contributed by atoms with Gasteiger partial charge >= 0.3 is 6.18 Å². The highest BCUT2D eigenvalue weighted by Crippen LogP contribution is 2.33. The fourth-order valence-corrected chi connectivity index (χ4v) is 2.12. The van der Waals surface area contributed by atoms with Crippen molar-refractivity contribution < 1.29 is 18.0 Å². The molecular weight excluding hydrogens is 343 g/mol. The van der Waals surface area contributed by atoms with Crippen LogP contribution in [0.2, 0.25) is 5.02 Å². The Morgan fingerprint density at radius 3 is 2.54 bits per heavy atom. The molecule has 0 bridgehead atoms. The highest BCUT2D eigenvalue weighted by atomic mass is 35.5. The summed E-state index contributed by atoms with van der Waals surface area (Å²) in [6.07, 6.45) is -1.09. The van der Waals surface area contributed by atoms with E-state index in [2.05, 4.69) is 15.6 Å². The summed E-state index contributed by atoms with van der Waals surface area (Å²) in [5, 5.41) is 5.63. The number of carbonyl (C=O) groups is 1. The lowest BCUT2D eigenvalue weighted by Gasteiger charge is -2.12. The smallest absolute Gasteiger partial charge is 0.383 e. The number of rotatable bonds is 6. The van der Waals surface area contributed by atoms with Crippen LogP contribution in [0.1, 0.15) is 17.5 Å². The first-order valence-electron chi connectivity index (χ1n) is 7.12. The second-order valence-corrected chi connectivity index (χ2v) is 5.41. The molecule has 0 fully saturated rings. The van der Waals surface area contributed by atoms with Crippen LogP contribution < -0.4 is 10.6 Å². The molecule has 0 unspecified atom stereocenters. The third kappa shape index (κ3) is 5.42. The number of anilines is 1. The maximum Gasteiger partial charge on any atom is 0.416 e. The SMILES string of the molecule is O=C(CCNc1cc(C(F)(F)F)ccc1Cl)NCc1ccncc1. The molecule has 0 radical (unpaired) electrons. The van der Waals surface area contributed by atoms with Crippen LogP contribution in [0.25, 0.3) is 0 Å². The van der Waals surface area contributed by atoms with Crippen LogP contribution in [-0.4, -0.2) is 17.4 Å². The summed E-state index contributed by atoms with van der Waals surface area (Å²) in [5.41, 5.74) is 0.261. The molecule has 1 aromatic carbocycles. The topological polar surface area (TPSA) is 54.0 Å². The highest BCUT2D eigenvalue weighted by molar-refractivity contribution is 6.33. The molecule has 0 aliphatic rings. The highest BCUT2D eigenvalue weighted by Gasteiger charge is 2.30. The zero-order valence-electron chi connectivity index (χ0n) is 12.5. The fraction of sp³-hybridized carbons (Fsp3) is 0.250. The van der Waals surface area contributed by atoms with Gasteiger partial charge in [-0.3, -0.25) is 9.78 Å². The van der Waals surface area contributed by atoms with Gasteiger partial charge in [0, 0.05) is 31.9 Å². The van der Waals surface area contributed by atoms with Gasteiger partial charge in [0.1, 0.15) is 0 Å². The second kappa shape index (κ2) is 8.01. The molecule has 0 saturated heterocycles. The number of nitrogens with one attached hydrogen (secondary N) is 2. The number of aromatic nitrogens is 1. The number of amides is 1. The number of nitrogens with zero attached hydrogens (tertiary/aromatic N) is 1. The van der Waals surface area contributed by atoms with E-state index in [4.69, 9.17) is 11.6 Å². The van der Waals surface area contributed by atoms with Crippen molar-refractivity contribution in [3.05, 3.63) is 58.9 Å². The van der Waals surface area contributed by atoms with Crippen molar-refractivity contribution in [1.82, 2.24) is 10.3 Å². The molecule has 24 heavy (non-hydrogen) atoms. The van der Waals surface area contributed by atoms with Gasteiger partial charge in [0.15, 0.2) is 0 Å². The lowest BCUT2D eigenvalue weighted by atomic mass is 10.2. The van der Waals surface area contributed by atoms with Crippen molar-refractivity contribution >= 4 is 23.2 Å². The molecule has 2 N–H and O–H groups in total. The van der Waals surface area contributed by atoms with Crippen LogP contribution in [-0.2, 0) is 17.5 Å². The molecule has 0 aliphatic heterocycles.